The summed E-state index contributed by atoms with van der Waals surface area (Å²) < 4.78 is 17.6. The molecule has 1 aromatic rings. The van der Waals surface area contributed by atoms with E-state index in [4.69, 9.17) is 14.0 Å². The minimum atomic E-state index is -0.802. The van der Waals surface area contributed by atoms with Gasteiger partial charge in [0, 0.05) is 6.92 Å². The van der Waals surface area contributed by atoms with Gasteiger partial charge in [0.15, 0.2) is 0 Å². The van der Waals surface area contributed by atoms with E-state index in [1.54, 1.807) is 7.11 Å². The molecule has 0 spiro atoms. The number of hydrogen-bond donors (Lipinski definition) is 1. The fraction of sp³-hybridized carbons (Fsp3) is 0.588. The van der Waals surface area contributed by atoms with Crippen molar-refractivity contribution < 1.29 is 18.8 Å². The number of carbonyl (C=O) groups excluding carboxylic acids is 1. The van der Waals surface area contributed by atoms with E-state index in [1.165, 1.54) is 6.92 Å². The van der Waals surface area contributed by atoms with Crippen LogP contribution in [-0.2, 0) is 19.5 Å². The van der Waals surface area contributed by atoms with Crippen molar-refractivity contribution in [1.29, 1.82) is 0 Å². The van der Waals surface area contributed by atoms with Crippen LogP contribution >= 0.6 is 0 Å². The van der Waals surface area contributed by atoms with Gasteiger partial charge in [-0.3, -0.25) is 4.79 Å². The number of carbonyl (C=O) groups is 1. The predicted octanol–water partition coefficient (Wildman–Crippen LogP) is 2.68. The first-order chi connectivity index (χ1) is 10.5. The zero-order chi connectivity index (χ0) is 17.5. The van der Waals surface area contributed by atoms with Crippen LogP contribution in [0.15, 0.2) is 24.3 Å². The molecule has 1 amide bonds. The average molecular weight is 319 g/mol. The van der Waals surface area contributed by atoms with Crippen LogP contribution in [0.4, 0.5) is 0 Å². The van der Waals surface area contributed by atoms with Crippen LogP contribution in [0.25, 0.3) is 0 Å². The number of hydrogen-bond acceptors (Lipinski definition) is 4. The molecule has 2 rings (SSSR count). The van der Waals surface area contributed by atoms with E-state index >= 15 is 0 Å². The SMILES string of the molecule is COc1ccc(C(C)(NC(C)=O)B2OC(C)(C)C(C)(C)O2)cc1. The lowest BCUT2D eigenvalue weighted by atomic mass is 9.61. The third-order valence-electron chi connectivity index (χ3n) is 4.85. The maximum atomic E-state index is 11.8. The van der Waals surface area contributed by atoms with Crippen LogP contribution in [0.3, 0.4) is 0 Å². The van der Waals surface area contributed by atoms with E-state index in [1.807, 2.05) is 58.9 Å². The van der Waals surface area contributed by atoms with E-state index in [9.17, 15) is 4.79 Å². The van der Waals surface area contributed by atoms with Gasteiger partial charge in [-0.2, -0.15) is 0 Å². The number of rotatable bonds is 4. The molecule has 1 aliphatic rings. The fourth-order valence-electron chi connectivity index (χ4n) is 2.65. The largest absolute Gasteiger partial charge is 0.497 e. The molecule has 1 unspecified atom stereocenters. The predicted molar refractivity (Wildman–Crippen MR) is 90.2 cm³/mol. The van der Waals surface area contributed by atoms with Crippen molar-refractivity contribution in [3.8, 4) is 5.75 Å². The number of methoxy groups -OCH3 is 1. The first kappa shape index (κ1) is 17.8. The van der Waals surface area contributed by atoms with Crippen LogP contribution in [-0.4, -0.2) is 31.3 Å². The molecule has 0 bridgehead atoms. The standard InChI is InChI=1S/C17H26BNO4/c1-12(20)19-17(6,13-8-10-14(21-7)11-9-13)18-22-15(2,3)16(4,5)23-18/h8-11H,1-7H3,(H,19,20). The van der Waals surface area contributed by atoms with Gasteiger partial charge in [-0.05, 0) is 52.3 Å². The zero-order valence-corrected chi connectivity index (χ0v) is 15.0. The van der Waals surface area contributed by atoms with E-state index in [0.29, 0.717) is 0 Å². The molecular formula is C17H26BNO4. The number of nitrogens with one attached hydrogen (secondary N) is 1. The van der Waals surface area contributed by atoms with Gasteiger partial charge in [-0.1, -0.05) is 12.1 Å². The van der Waals surface area contributed by atoms with Gasteiger partial charge in [0.25, 0.3) is 0 Å². The van der Waals surface area contributed by atoms with Crippen LogP contribution < -0.4 is 10.1 Å². The third kappa shape index (κ3) is 3.24. The second-order valence-corrected chi connectivity index (χ2v) is 7.20. The summed E-state index contributed by atoms with van der Waals surface area (Å²) in [5.41, 5.74) is -0.844. The molecule has 1 aliphatic heterocycles. The summed E-state index contributed by atoms with van der Waals surface area (Å²) in [6, 6.07) is 7.56. The minimum Gasteiger partial charge on any atom is -0.497 e. The van der Waals surface area contributed by atoms with Crippen molar-refractivity contribution >= 4 is 13.0 Å². The van der Waals surface area contributed by atoms with E-state index in [-0.39, 0.29) is 5.91 Å². The van der Waals surface area contributed by atoms with Gasteiger partial charge in [0.2, 0.25) is 5.91 Å². The van der Waals surface area contributed by atoms with Crippen molar-refractivity contribution in [1.82, 2.24) is 5.32 Å². The van der Waals surface area contributed by atoms with Crippen LogP contribution in [0.5, 0.6) is 5.75 Å². The van der Waals surface area contributed by atoms with E-state index in [2.05, 4.69) is 5.32 Å². The number of amides is 1. The highest BCUT2D eigenvalue weighted by atomic mass is 16.7. The smallest absolute Gasteiger partial charge is 0.489 e. The van der Waals surface area contributed by atoms with Crippen LogP contribution in [0, 0.1) is 0 Å². The Balaban J connectivity index is 2.41. The van der Waals surface area contributed by atoms with Gasteiger partial charge in [-0.15, -0.1) is 0 Å². The summed E-state index contributed by atoms with van der Waals surface area (Å²) in [5, 5.41) is 3.00. The Morgan fingerprint density at radius 3 is 2.00 bits per heavy atom. The van der Waals surface area contributed by atoms with Gasteiger partial charge < -0.3 is 19.4 Å². The lowest BCUT2D eigenvalue weighted by Gasteiger charge is -2.33. The first-order valence-corrected chi connectivity index (χ1v) is 7.81. The Morgan fingerprint density at radius 2 is 1.61 bits per heavy atom. The molecule has 0 radical (unpaired) electrons. The Morgan fingerprint density at radius 1 is 1.13 bits per heavy atom. The molecule has 1 fully saturated rings. The summed E-state index contributed by atoms with van der Waals surface area (Å²) >= 11 is 0. The number of ether oxygens (including phenoxy) is 1. The van der Waals surface area contributed by atoms with Crippen molar-refractivity contribution in [3.05, 3.63) is 29.8 Å². The van der Waals surface area contributed by atoms with Crippen molar-refractivity contribution in [2.75, 3.05) is 7.11 Å². The summed E-state index contributed by atoms with van der Waals surface area (Å²) in [7, 11) is 1.03. The summed E-state index contributed by atoms with van der Waals surface area (Å²) in [4.78, 5) is 11.8. The highest BCUT2D eigenvalue weighted by Gasteiger charge is 2.59. The van der Waals surface area contributed by atoms with Gasteiger partial charge in [0.05, 0.1) is 23.8 Å². The normalized spacial score (nSPS) is 21.6. The molecule has 0 saturated carbocycles. The maximum absolute atomic E-state index is 11.8. The monoisotopic (exact) mass is 319 g/mol. The Labute approximate surface area is 138 Å². The fourth-order valence-corrected chi connectivity index (χ4v) is 2.65. The zero-order valence-electron chi connectivity index (χ0n) is 15.0. The van der Waals surface area contributed by atoms with Gasteiger partial charge in [0.1, 0.15) is 5.75 Å². The molecule has 1 N–H and O–H groups in total. The van der Waals surface area contributed by atoms with Crippen molar-refractivity contribution in [2.24, 2.45) is 0 Å². The molecule has 6 heteroatoms. The van der Waals surface area contributed by atoms with Gasteiger partial charge in [-0.25, -0.2) is 0 Å². The molecule has 23 heavy (non-hydrogen) atoms. The molecule has 0 aliphatic carbocycles. The molecule has 5 nitrogen and oxygen atoms in total. The molecular weight excluding hydrogens is 293 g/mol. The second-order valence-electron chi connectivity index (χ2n) is 7.20. The molecule has 1 aromatic carbocycles. The molecule has 1 saturated heterocycles. The van der Waals surface area contributed by atoms with Crippen LogP contribution in [0.2, 0.25) is 0 Å². The van der Waals surface area contributed by atoms with Crippen LogP contribution in [0.1, 0.15) is 47.1 Å². The Kier molecular flexibility index (Phi) is 4.52. The highest BCUT2D eigenvalue weighted by Crippen LogP contribution is 2.42. The van der Waals surface area contributed by atoms with Gasteiger partial charge >= 0.3 is 7.12 Å². The summed E-state index contributed by atoms with van der Waals surface area (Å²) in [5.74, 6) is 0.617. The lowest BCUT2D eigenvalue weighted by Crippen LogP contribution is -2.55. The third-order valence-corrected chi connectivity index (χ3v) is 4.85. The first-order valence-electron chi connectivity index (χ1n) is 7.81. The van der Waals surface area contributed by atoms with E-state index in [0.717, 1.165) is 11.3 Å². The summed E-state index contributed by atoms with van der Waals surface area (Å²) in [6.07, 6.45) is 0. The van der Waals surface area contributed by atoms with Crippen molar-refractivity contribution in [2.45, 2.75) is 58.2 Å². The molecule has 126 valence electrons. The topological polar surface area (TPSA) is 56.8 Å². The average Bonchev–Trinajstić information content (AvgIpc) is 2.67. The van der Waals surface area contributed by atoms with E-state index < -0.39 is 23.8 Å². The second kappa shape index (κ2) is 5.84. The number of benzene rings is 1. The van der Waals surface area contributed by atoms with Crippen molar-refractivity contribution in [3.63, 3.8) is 0 Å². The Hall–Kier alpha value is -1.53. The summed E-state index contributed by atoms with van der Waals surface area (Å²) in [6.45, 7) is 11.4. The Bertz CT molecular complexity index is 569. The maximum Gasteiger partial charge on any atom is 0.489 e. The molecule has 1 heterocycles. The molecule has 1 atom stereocenters. The lowest BCUT2D eigenvalue weighted by molar-refractivity contribution is -0.120. The highest BCUT2D eigenvalue weighted by molar-refractivity contribution is 6.50. The quantitative estimate of drug-likeness (QED) is 0.867. The molecule has 0 aromatic heterocycles. The minimum absolute atomic E-state index is 0.141.